The molecule has 0 amide bonds. The maximum atomic E-state index is 12.7. The summed E-state index contributed by atoms with van der Waals surface area (Å²) in [5, 5.41) is 7.31. The molecule has 0 bridgehead atoms. The predicted octanol–water partition coefficient (Wildman–Crippen LogP) is 0.550. The third-order valence-corrected chi connectivity index (χ3v) is 5.41. The smallest absolute Gasteiger partial charge is 0.282 e. The van der Waals surface area contributed by atoms with Crippen molar-refractivity contribution in [2.45, 2.75) is 25.8 Å². The molecule has 1 aliphatic heterocycles. The van der Waals surface area contributed by atoms with E-state index in [1.54, 1.807) is 18.5 Å². The van der Waals surface area contributed by atoms with Gasteiger partial charge in [0.2, 0.25) is 0 Å². The summed E-state index contributed by atoms with van der Waals surface area (Å²) in [5.41, 5.74) is 6.19. The standard InChI is InChI=1S/C13H21N5O2S/c14-13(15)5-9-18(11-12-4-3-6-16-10-12)21(19,20)17-7-1-2-8-17/h3-4,6,10H,1-2,5,7-9,11H2,(H3,14,15). The van der Waals surface area contributed by atoms with E-state index in [4.69, 9.17) is 11.1 Å². The Bertz CT molecular complexity index is 569. The van der Waals surface area contributed by atoms with Crippen molar-refractivity contribution in [3.63, 3.8) is 0 Å². The molecule has 0 radical (unpaired) electrons. The monoisotopic (exact) mass is 311 g/mol. The van der Waals surface area contributed by atoms with Crippen LogP contribution in [0.25, 0.3) is 0 Å². The minimum atomic E-state index is -3.51. The number of hydrogen-bond acceptors (Lipinski definition) is 4. The van der Waals surface area contributed by atoms with Crippen LogP contribution in [0.1, 0.15) is 24.8 Å². The molecule has 1 aromatic heterocycles. The van der Waals surface area contributed by atoms with Gasteiger partial charge in [-0.1, -0.05) is 6.07 Å². The lowest BCUT2D eigenvalue weighted by Crippen LogP contribution is -2.43. The van der Waals surface area contributed by atoms with Gasteiger partial charge >= 0.3 is 0 Å². The molecule has 1 fully saturated rings. The van der Waals surface area contributed by atoms with Crippen LogP contribution >= 0.6 is 0 Å². The quantitative estimate of drug-likeness (QED) is 0.567. The van der Waals surface area contributed by atoms with E-state index in [-0.39, 0.29) is 25.3 Å². The van der Waals surface area contributed by atoms with Crippen LogP contribution in [0.15, 0.2) is 24.5 Å². The van der Waals surface area contributed by atoms with E-state index in [2.05, 4.69) is 4.98 Å². The maximum absolute atomic E-state index is 12.7. The Hall–Kier alpha value is -1.51. The molecule has 2 heterocycles. The summed E-state index contributed by atoms with van der Waals surface area (Å²) in [5.74, 6) is -0.0113. The molecular weight excluding hydrogens is 290 g/mol. The van der Waals surface area contributed by atoms with Crippen molar-refractivity contribution in [1.29, 1.82) is 5.41 Å². The Morgan fingerprint density at radius 1 is 1.43 bits per heavy atom. The Morgan fingerprint density at radius 3 is 2.71 bits per heavy atom. The van der Waals surface area contributed by atoms with Gasteiger partial charge in [0.1, 0.15) is 0 Å². The number of rotatable bonds is 7. The lowest BCUT2D eigenvalue weighted by Gasteiger charge is -2.27. The fourth-order valence-corrected chi connectivity index (χ4v) is 3.98. The van der Waals surface area contributed by atoms with Gasteiger partial charge in [0, 0.05) is 45.0 Å². The number of nitrogens with two attached hydrogens (primary N) is 1. The highest BCUT2D eigenvalue weighted by Crippen LogP contribution is 2.18. The largest absolute Gasteiger partial charge is 0.388 e. The average molecular weight is 311 g/mol. The highest BCUT2D eigenvalue weighted by Gasteiger charge is 2.31. The van der Waals surface area contributed by atoms with Gasteiger partial charge in [0.15, 0.2) is 0 Å². The van der Waals surface area contributed by atoms with Crippen LogP contribution in [0.3, 0.4) is 0 Å². The lowest BCUT2D eigenvalue weighted by atomic mass is 10.3. The Morgan fingerprint density at radius 2 is 2.14 bits per heavy atom. The molecule has 0 unspecified atom stereocenters. The van der Waals surface area contributed by atoms with Crippen molar-refractivity contribution in [3.8, 4) is 0 Å². The molecule has 0 aliphatic carbocycles. The third kappa shape index (κ3) is 4.23. The van der Waals surface area contributed by atoms with Crippen LogP contribution in [-0.2, 0) is 16.8 Å². The normalized spacial score (nSPS) is 16.4. The molecule has 0 atom stereocenters. The highest BCUT2D eigenvalue weighted by atomic mass is 32.2. The zero-order chi connectivity index (χ0) is 15.3. The summed E-state index contributed by atoms with van der Waals surface area (Å²) in [6.45, 7) is 1.58. The summed E-state index contributed by atoms with van der Waals surface area (Å²) < 4.78 is 28.2. The van der Waals surface area contributed by atoms with Crippen molar-refractivity contribution in [2.24, 2.45) is 5.73 Å². The Kier molecular flexibility index (Phi) is 5.27. The second kappa shape index (κ2) is 6.97. The van der Waals surface area contributed by atoms with Gasteiger partial charge in [-0.15, -0.1) is 0 Å². The van der Waals surface area contributed by atoms with E-state index < -0.39 is 10.2 Å². The topological polar surface area (TPSA) is 103 Å². The van der Waals surface area contributed by atoms with E-state index >= 15 is 0 Å². The van der Waals surface area contributed by atoms with Crippen molar-refractivity contribution in [3.05, 3.63) is 30.1 Å². The van der Waals surface area contributed by atoms with Crippen LogP contribution in [0.4, 0.5) is 0 Å². The van der Waals surface area contributed by atoms with Crippen molar-refractivity contribution in [2.75, 3.05) is 19.6 Å². The van der Waals surface area contributed by atoms with Gasteiger partial charge in [-0.2, -0.15) is 17.0 Å². The number of aromatic nitrogens is 1. The molecule has 2 rings (SSSR count). The summed E-state index contributed by atoms with van der Waals surface area (Å²) in [4.78, 5) is 4.01. The van der Waals surface area contributed by atoms with Crippen LogP contribution in [0.5, 0.6) is 0 Å². The first-order chi connectivity index (χ1) is 10.00. The van der Waals surface area contributed by atoms with Crippen LogP contribution in [-0.4, -0.2) is 47.5 Å². The van der Waals surface area contributed by atoms with Gasteiger partial charge < -0.3 is 5.73 Å². The fourth-order valence-electron chi connectivity index (χ4n) is 2.30. The number of nitrogens with zero attached hydrogens (tertiary/aromatic N) is 3. The average Bonchev–Trinajstić information content (AvgIpc) is 2.99. The van der Waals surface area contributed by atoms with E-state index in [1.165, 1.54) is 8.61 Å². The maximum Gasteiger partial charge on any atom is 0.282 e. The van der Waals surface area contributed by atoms with Crippen LogP contribution < -0.4 is 5.73 Å². The lowest BCUT2D eigenvalue weighted by molar-refractivity contribution is 0.360. The number of amidine groups is 1. The number of nitrogens with one attached hydrogen (secondary N) is 1. The Balaban J connectivity index is 2.16. The van der Waals surface area contributed by atoms with Gasteiger partial charge in [-0.3, -0.25) is 10.4 Å². The first-order valence-electron chi connectivity index (χ1n) is 6.97. The molecule has 0 spiro atoms. The van der Waals surface area contributed by atoms with E-state index in [1.807, 2.05) is 6.07 Å². The molecule has 1 aromatic rings. The van der Waals surface area contributed by atoms with E-state index in [9.17, 15) is 8.42 Å². The minimum Gasteiger partial charge on any atom is -0.388 e. The van der Waals surface area contributed by atoms with Crippen molar-refractivity contribution in [1.82, 2.24) is 13.6 Å². The summed E-state index contributed by atoms with van der Waals surface area (Å²) in [6.07, 6.45) is 5.32. The van der Waals surface area contributed by atoms with Crippen LogP contribution in [0.2, 0.25) is 0 Å². The van der Waals surface area contributed by atoms with Gasteiger partial charge in [-0.05, 0) is 24.5 Å². The van der Waals surface area contributed by atoms with Gasteiger partial charge in [0.05, 0.1) is 5.84 Å². The molecule has 1 saturated heterocycles. The second-order valence-corrected chi connectivity index (χ2v) is 7.01. The van der Waals surface area contributed by atoms with Gasteiger partial charge in [-0.25, -0.2) is 0 Å². The number of hydrogen-bond donors (Lipinski definition) is 2. The van der Waals surface area contributed by atoms with E-state index in [0.29, 0.717) is 13.1 Å². The predicted molar refractivity (Wildman–Crippen MR) is 80.9 cm³/mol. The van der Waals surface area contributed by atoms with Crippen LogP contribution in [0, 0.1) is 5.41 Å². The molecule has 21 heavy (non-hydrogen) atoms. The SMILES string of the molecule is N=C(N)CCN(Cc1cccnc1)S(=O)(=O)N1CCCC1. The molecule has 8 heteroatoms. The zero-order valence-electron chi connectivity index (χ0n) is 11.9. The molecule has 0 saturated carbocycles. The molecule has 3 N–H and O–H groups in total. The van der Waals surface area contributed by atoms with Crippen molar-refractivity contribution < 1.29 is 8.42 Å². The molecule has 7 nitrogen and oxygen atoms in total. The van der Waals surface area contributed by atoms with E-state index in [0.717, 1.165) is 18.4 Å². The second-order valence-electron chi connectivity index (χ2n) is 5.08. The Labute approximate surface area is 125 Å². The van der Waals surface area contributed by atoms with Crippen molar-refractivity contribution >= 4 is 16.0 Å². The molecular formula is C13H21N5O2S. The third-order valence-electron chi connectivity index (χ3n) is 3.43. The highest BCUT2D eigenvalue weighted by molar-refractivity contribution is 7.86. The summed E-state index contributed by atoms with van der Waals surface area (Å²) in [7, 11) is -3.51. The molecule has 1 aliphatic rings. The number of pyridine rings is 1. The fraction of sp³-hybridized carbons (Fsp3) is 0.538. The summed E-state index contributed by atoms with van der Waals surface area (Å²) in [6, 6.07) is 3.62. The first-order valence-corrected chi connectivity index (χ1v) is 8.37. The molecule has 0 aromatic carbocycles. The zero-order valence-corrected chi connectivity index (χ0v) is 12.7. The summed E-state index contributed by atoms with van der Waals surface area (Å²) >= 11 is 0. The van der Waals surface area contributed by atoms with Gasteiger partial charge in [0.25, 0.3) is 10.2 Å². The molecule has 116 valence electrons. The minimum absolute atomic E-state index is 0.0113. The first kappa shape index (κ1) is 15.9.